The first-order valence-corrected chi connectivity index (χ1v) is 11.5. The fourth-order valence-electron chi connectivity index (χ4n) is 3.03. The number of carbonyl (C=O) groups excluding carboxylic acids is 1. The van der Waals surface area contributed by atoms with Crippen molar-refractivity contribution in [2.24, 2.45) is 0 Å². The summed E-state index contributed by atoms with van der Waals surface area (Å²) >= 11 is 9.99. The maximum Gasteiger partial charge on any atom is 0.270 e. The smallest absolute Gasteiger partial charge is 0.270 e. The van der Waals surface area contributed by atoms with Gasteiger partial charge in [-0.3, -0.25) is 19.8 Å². The zero-order chi connectivity index (χ0) is 23.5. The number of anilines is 1. The van der Waals surface area contributed by atoms with E-state index in [-0.39, 0.29) is 24.0 Å². The highest BCUT2D eigenvalue weighted by molar-refractivity contribution is 9.10. The molecule has 1 fully saturated rings. The number of non-ortho nitro benzene ring substituents is 1. The number of amides is 1. The van der Waals surface area contributed by atoms with Gasteiger partial charge < -0.3 is 4.74 Å². The summed E-state index contributed by atoms with van der Waals surface area (Å²) in [5.41, 5.74) is 2.01. The van der Waals surface area contributed by atoms with Crippen LogP contribution in [0.4, 0.5) is 15.8 Å². The van der Waals surface area contributed by atoms with Gasteiger partial charge in [-0.2, -0.15) is 0 Å². The summed E-state index contributed by atoms with van der Waals surface area (Å²) in [6.07, 6.45) is 1.72. The van der Waals surface area contributed by atoms with E-state index in [9.17, 15) is 19.3 Å². The lowest BCUT2D eigenvalue weighted by molar-refractivity contribution is -0.384. The highest BCUT2D eigenvalue weighted by atomic mass is 79.9. The number of benzene rings is 3. The number of rotatable bonds is 6. The number of thiocarbonyl (C=S) groups is 1. The predicted molar refractivity (Wildman–Crippen MR) is 134 cm³/mol. The summed E-state index contributed by atoms with van der Waals surface area (Å²) < 4.78 is 19.9. The molecule has 1 aliphatic heterocycles. The van der Waals surface area contributed by atoms with Crippen LogP contribution in [0.25, 0.3) is 6.08 Å². The molecule has 1 amide bonds. The molecule has 0 aromatic heterocycles. The van der Waals surface area contributed by atoms with Crippen LogP contribution in [-0.2, 0) is 11.4 Å². The van der Waals surface area contributed by atoms with Gasteiger partial charge in [0.1, 0.15) is 18.2 Å². The second kappa shape index (κ2) is 9.82. The number of hydrogen-bond acceptors (Lipinski definition) is 6. The quantitative estimate of drug-likeness (QED) is 0.153. The van der Waals surface area contributed by atoms with Crippen LogP contribution in [0.15, 0.2) is 76.1 Å². The molecule has 6 nitrogen and oxygen atoms in total. The molecule has 0 bridgehead atoms. The van der Waals surface area contributed by atoms with Crippen molar-refractivity contribution >= 4 is 67.6 Å². The van der Waals surface area contributed by atoms with Crippen LogP contribution < -0.4 is 9.64 Å². The Bertz CT molecular complexity index is 1280. The van der Waals surface area contributed by atoms with Crippen molar-refractivity contribution in [3.8, 4) is 5.75 Å². The Morgan fingerprint density at radius 3 is 2.45 bits per heavy atom. The van der Waals surface area contributed by atoms with Crippen molar-refractivity contribution in [3.63, 3.8) is 0 Å². The normalized spacial score (nSPS) is 14.7. The van der Waals surface area contributed by atoms with Crippen LogP contribution in [0, 0.1) is 15.9 Å². The molecule has 1 saturated heterocycles. The first kappa shape index (κ1) is 23.1. The SMILES string of the molecule is O=C1/C(=C\c2ccc(OCc3ccc(F)cc3)c(Br)c2)SC(=S)N1c1ccc([N+](=O)[O-])cc1. The van der Waals surface area contributed by atoms with E-state index in [1.807, 2.05) is 12.1 Å². The number of hydrogen-bond donors (Lipinski definition) is 0. The molecule has 0 saturated carbocycles. The third-order valence-corrected chi connectivity index (χ3v) is 6.60. The fraction of sp³-hybridized carbons (Fsp3) is 0.0435. The minimum atomic E-state index is -0.501. The fourth-order valence-corrected chi connectivity index (χ4v) is 4.84. The average Bonchev–Trinajstić information content (AvgIpc) is 3.07. The van der Waals surface area contributed by atoms with E-state index in [0.29, 0.717) is 25.1 Å². The second-order valence-electron chi connectivity index (χ2n) is 6.90. The number of ether oxygens (including phenoxy) is 1. The van der Waals surface area contributed by atoms with E-state index in [0.717, 1.165) is 22.9 Å². The van der Waals surface area contributed by atoms with Gasteiger partial charge >= 0.3 is 0 Å². The highest BCUT2D eigenvalue weighted by Crippen LogP contribution is 2.37. The molecule has 0 atom stereocenters. The molecule has 0 aliphatic carbocycles. The molecule has 3 aromatic carbocycles. The number of thioether (sulfide) groups is 1. The lowest BCUT2D eigenvalue weighted by atomic mass is 10.2. The van der Waals surface area contributed by atoms with Crippen molar-refractivity contribution in [3.05, 3.63) is 103 Å². The molecule has 0 radical (unpaired) electrons. The Kier molecular flexibility index (Phi) is 6.87. The van der Waals surface area contributed by atoms with Gasteiger partial charge in [-0.25, -0.2) is 4.39 Å². The summed E-state index contributed by atoms with van der Waals surface area (Å²) in [6, 6.07) is 17.1. The van der Waals surface area contributed by atoms with E-state index in [4.69, 9.17) is 17.0 Å². The zero-order valence-corrected chi connectivity index (χ0v) is 20.0. The molecule has 166 valence electrons. The van der Waals surface area contributed by atoms with Gasteiger partial charge in [-0.1, -0.05) is 42.2 Å². The van der Waals surface area contributed by atoms with Crippen LogP contribution in [0.1, 0.15) is 11.1 Å². The Labute approximate surface area is 206 Å². The van der Waals surface area contributed by atoms with E-state index >= 15 is 0 Å². The molecular formula is C23H14BrFN2O4S2. The van der Waals surface area contributed by atoms with Crippen LogP contribution in [0.2, 0.25) is 0 Å². The standard InChI is InChI=1S/C23H14BrFN2O4S2/c24-19-11-15(3-10-20(19)31-13-14-1-4-16(25)5-2-14)12-21-22(28)26(23(32)33-21)17-6-8-18(9-7-17)27(29)30/h1-12H,13H2/b21-12+. The lowest BCUT2D eigenvalue weighted by Crippen LogP contribution is -2.27. The van der Waals surface area contributed by atoms with Gasteiger partial charge in [0.25, 0.3) is 11.6 Å². The molecule has 0 spiro atoms. The summed E-state index contributed by atoms with van der Waals surface area (Å²) in [5, 5.41) is 10.9. The summed E-state index contributed by atoms with van der Waals surface area (Å²) in [7, 11) is 0. The molecule has 10 heteroatoms. The molecule has 0 N–H and O–H groups in total. The molecule has 3 aromatic rings. The summed E-state index contributed by atoms with van der Waals surface area (Å²) in [4.78, 5) is 25.1. The van der Waals surface area contributed by atoms with Crippen LogP contribution in [-0.4, -0.2) is 15.2 Å². The number of nitrogens with zero attached hydrogens (tertiary/aromatic N) is 2. The number of nitro benzene ring substituents is 1. The van der Waals surface area contributed by atoms with Crippen LogP contribution >= 0.6 is 39.9 Å². The third-order valence-electron chi connectivity index (χ3n) is 4.67. The maximum atomic E-state index is 13.0. The number of carbonyl (C=O) groups is 1. The van der Waals surface area contributed by atoms with Crippen LogP contribution in [0.3, 0.4) is 0 Å². The molecular weight excluding hydrogens is 531 g/mol. The molecule has 4 rings (SSSR count). The van der Waals surface area contributed by atoms with Gasteiger partial charge in [0.05, 0.1) is 20.0 Å². The van der Waals surface area contributed by atoms with Crippen molar-refractivity contribution < 1.29 is 18.8 Å². The Balaban J connectivity index is 1.48. The number of nitro groups is 1. The lowest BCUT2D eigenvalue weighted by Gasteiger charge is -2.14. The summed E-state index contributed by atoms with van der Waals surface area (Å²) in [6.45, 7) is 0.284. The molecule has 33 heavy (non-hydrogen) atoms. The van der Waals surface area contributed by atoms with E-state index in [1.165, 1.54) is 41.3 Å². The Hall–Kier alpha value is -3.08. The first-order chi connectivity index (χ1) is 15.8. The summed E-state index contributed by atoms with van der Waals surface area (Å²) in [5.74, 6) is 0.00444. The maximum absolute atomic E-state index is 13.0. The first-order valence-electron chi connectivity index (χ1n) is 9.51. The van der Waals surface area contributed by atoms with Crippen molar-refractivity contribution in [2.45, 2.75) is 6.61 Å². The predicted octanol–water partition coefficient (Wildman–Crippen LogP) is 6.48. The van der Waals surface area contributed by atoms with Crippen molar-refractivity contribution in [1.29, 1.82) is 0 Å². The third kappa shape index (κ3) is 5.29. The van der Waals surface area contributed by atoms with E-state index in [1.54, 1.807) is 24.3 Å². The zero-order valence-electron chi connectivity index (χ0n) is 16.7. The van der Waals surface area contributed by atoms with Crippen molar-refractivity contribution in [1.82, 2.24) is 0 Å². The topological polar surface area (TPSA) is 72.7 Å². The molecule has 0 unspecified atom stereocenters. The van der Waals surface area contributed by atoms with Gasteiger partial charge in [0.15, 0.2) is 4.32 Å². The van der Waals surface area contributed by atoms with Crippen LogP contribution in [0.5, 0.6) is 5.75 Å². The molecule has 1 heterocycles. The monoisotopic (exact) mass is 544 g/mol. The van der Waals surface area contributed by atoms with Gasteiger partial charge in [-0.05, 0) is 69.5 Å². The minimum absolute atomic E-state index is 0.0636. The average molecular weight is 545 g/mol. The number of halogens is 2. The Morgan fingerprint density at radius 1 is 1.12 bits per heavy atom. The largest absolute Gasteiger partial charge is 0.488 e. The van der Waals surface area contributed by atoms with Crippen molar-refractivity contribution in [2.75, 3.05) is 4.90 Å². The second-order valence-corrected chi connectivity index (χ2v) is 9.43. The highest BCUT2D eigenvalue weighted by Gasteiger charge is 2.33. The van der Waals surface area contributed by atoms with Gasteiger partial charge in [0.2, 0.25) is 0 Å². The van der Waals surface area contributed by atoms with E-state index < -0.39 is 4.92 Å². The molecule has 1 aliphatic rings. The van der Waals surface area contributed by atoms with Gasteiger partial charge in [0, 0.05) is 12.1 Å². The Morgan fingerprint density at radius 2 is 1.82 bits per heavy atom. The van der Waals surface area contributed by atoms with E-state index in [2.05, 4.69) is 15.9 Å². The van der Waals surface area contributed by atoms with Gasteiger partial charge in [-0.15, -0.1) is 0 Å². The minimum Gasteiger partial charge on any atom is -0.488 e.